The van der Waals surface area contributed by atoms with Crippen molar-refractivity contribution in [3.05, 3.63) is 60.2 Å². The van der Waals surface area contributed by atoms with Gasteiger partial charge in [0, 0.05) is 50.2 Å². The quantitative estimate of drug-likeness (QED) is 0.521. The first kappa shape index (κ1) is 20.1. The number of methoxy groups -OCH3 is 1. The van der Waals surface area contributed by atoms with Gasteiger partial charge in [-0.1, -0.05) is 18.2 Å². The number of aryl methyl sites for hydroxylation is 1. The van der Waals surface area contributed by atoms with Gasteiger partial charge >= 0.3 is 0 Å². The largest absolute Gasteiger partial charge is 0.496 e. The topological polar surface area (TPSA) is 87.5 Å². The van der Waals surface area contributed by atoms with Crippen LogP contribution in [-0.2, 0) is 11.2 Å². The van der Waals surface area contributed by atoms with Crippen LogP contribution in [0.3, 0.4) is 0 Å². The average Bonchev–Trinajstić information content (AvgIpc) is 3.45. The standard InChI is InChI=1S/C24H25N5O3/c1-16-25-15-23(32-16)19-8-7-17(13-22(19)31-2)28-9-11-29(12-10-28)24(30)14-21-18-5-3-4-6-20(18)26-27-21/h3-8,13,15H,9-12,14H2,1-2H3,(H,26,27). The van der Waals surface area contributed by atoms with Crippen LogP contribution in [0.5, 0.6) is 5.75 Å². The molecule has 8 heteroatoms. The van der Waals surface area contributed by atoms with E-state index in [1.54, 1.807) is 13.3 Å². The number of rotatable bonds is 5. The zero-order chi connectivity index (χ0) is 22.1. The number of oxazole rings is 1. The number of hydrogen-bond acceptors (Lipinski definition) is 6. The van der Waals surface area contributed by atoms with Gasteiger partial charge in [0.05, 0.1) is 36.5 Å². The number of ether oxygens (including phenoxy) is 1. The second-order valence-corrected chi connectivity index (χ2v) is 7.89. The lowest BCUT2D eigenvalue weighted by molar-refractivity contribution is -0.130. The summed E-state index contributed by atoms with van der Waals surface area (Å²) in [5.41, 5.74) is 3.69. The summed E-state index contributed by atoms with van der Waals surface area (Å²) in [5, 5.41) is 8.35. The minimum Gasteiger partial charge on any atom is -0.496 e. The number of nitrogens with one attached hydrogen (secondary N) is 1. The molecule has 1 saturated heterocycles. The maximum atomic E-state index is 12.9. The minimum atomic E-state index is 0.107. The molecule has 0 radical (unpaired) electrons. The normalized spacial score (nSPS) is 14.2. The number of nitrogens with zero attached hydrogens (tertiary/aromatic N) is 4. The highest BCUT2D eigenvalue weighted by Gasteiger charge is 2.23. The molecule has 4 aromatic rings. The molecule has 5 rings (SSSR count). The Morgan fingerprint density at radius 1 is 1.16 bits per heavy atom. The molecule has 1 fully saturated rings. The van der Waals surface area contributed by atoms with Crippen LogP contribution in [0, 0.1) is 6.92 Å². The van der Waals surface area contributed by atoms with Crippen LogP contribution in [0.1, 0.15) is 11.6 Å². The summed E-state index contributed by atoms with van der Waals surface area (Å²) >= 11 is 0. The molecule has 3 heterocycles. The summed E-state index contributed by atoms with van der Waals surface area (Å²) in [7, 11) is 1.65. The summed E-state index contributed by atoms with van der Waals surface area (Å²) in [6.45, 7) is 4.69. The van der Waals surface area contributed by atoms with Crippen LogP contribution in [-0.4, -0.2) is 59.3 Å². The number of benzene rings is 2. The van der Waals surface area contributed by atoms with Crippen molar-refractivity contribution in [2.75, 3.05) is 38.2 Å². The monoisotopic (exact) mass is 431 g/mol. The van der Waals surface area contributed by atoms with Crippen molar-refractivity contribution in [2.24, 2.45) is 0 Å². The molecule has 0 aliphatic carbocycles. The zero-order valence-electron chi connectivity index (χ0n) is 18.2. The molecule has 32 heavy (non-hydrogen) atoms. The molecule has 0 atom stereocenters. The smallest absolute Gasteiger partial charge is 0.228 e. The third-order valence-corrected chi connectivity index (χ3v) is 5.94. The van der Waals surface area contributed by atoms with Gasteiger partial charge in [-0.25, -0.2) is 4.98 Å². The summed E-state index contributed by atoms with van der Waals surface area (Å²) in [5.74, 6) is 2.15. The fraction of sp³-hybridized carbons (Fsp3) is 0.292. The third kappa shape index (κ3) is 3.79. The van der Waals surface area contributed by atoms with E-state index in [0.29, 0.717) is 31.2 Å². The van der Waals surface area contributed by atoms with Crippen LogP contribution in [0.15, 0.2) is 53.1 Å². The molecule has 0 bridgehead atoms. The molecule has 1 aliphatic heterocycles. The van der Waals surface area contributed by atoms with Crippen molar-refractivity contribution >= 4 is 22.5 Å². The van der Waals surface area contributed by atoms with Crippen LogP contribution in [0.2, 0.25) is 0 Å². The number of carbonyl (C=O) groups is 1. The predicted octanol–water partition coefficient (Wildman–Crippen LogP) is 3.43. The number of fused-ring (bicyclic) bond motifs is 1. The highest BCUT2D eigenvalue weighted by molar-refractivity contribution is 5.87. The lowest BCUT2D eigenvalue weighted by atomic mass is 10.1. The number of aromatic amines is 1. The van der Waals surface area contributed by atoms with Gasteiger partial charge in [0.25, 0.3) is 0 Å². The van der Waals surface area contributed by atoms with E-state index in [1.165, 1.54) is 0 Å². The Balaban J connectivity index is 1.25. The summed E-state index contributed by atoms with van der Waals surface area (Å²) < 4.78 is 11.3. The Labute approximate surface area is 185 Å². The van der Waals surface area contributed by atoms with E-state index < -0.39 is 0 Å². The fourth-order valence-corrected chi connectivity index (χ4v) is 4.19. The Hall–Kier alpha value is -3.81. The molecule has 1 N–H and O–H groups in total. The van der Waals surface area contributed by atoms with E-state index in [-0.39, 0.29) is 5.91 Å². The second-order valence-electron chi connectivity index (χ2n) is 7.89. The predicted molar refractivity (Wildman–Crippen MR) is 122 cm³/mol. The lowest BCUT2D eigenvalue weighted by Gasteiger charge is -2.36. The molecule has 2 aromatic carbocycles. The number of carbonyl (C=O) groups excluding carboxylic acids is 1. The van der Waals surface area contributed by atoms with E-state index in [4.69, 9.17) is 9.15 Å². The Kier molecular flexibility index (Phi) is 5.26. The SMILES string of the molecule is COc1cc(N2CCN(C(=O)Cc3n[nH]c4ccccc34)CC2)ccc1-c1cnc(C)o1. The van der Waals surface area contributed by atoms with Crippen molar-refractivity contribution in [1.82, 2.24) is 20.1 Å². The minimum absolute atomic E-state index is 0.107. The average molecular weight is 431 g/mol. The highest BCUT2D eigenvalue weighted by atomic mass is 16.5. The van der Waals surface area contributed by atoms with Crippen LogP contribution in [0.4, 0.5) is 5.69 Å². The first-order valence-corrected chi connectivity index (χ1v) is 10.7. The number of amides is 1. The molecular weight excluding hydrogens is 406 g/mol. The van der Waals surface area contributed by atoms with E-state index >= 15 is 0 Å². The third-order valence-electron chi connectivity index (χ3n) is 5.94. The first-order valence-electron chi connectivity index (χ1n) is 10.7. The number of hydrogen-bond donors (Lipinski definition) is 1. The zero-order valence-corrected chi connectivity index (χ0v) is 18.2. The Bertz CT molecular complexity index is 1250. The van der Waals surface area contributed by atoms with E-state index in [1.807, 2.05) is 48.2 Å². The van der Waals surface area contributed by atoms with Crippen LogP contribution < -0.4 is 9.64 Å². The van der Waals surface area contributed by atoms with Gasteiger partial charge in [-0.3, -0.25) is 9.89 Å². The number of anilines is 1. The van der Waals surface area contributed by atoms with Gasteiger partial charge in [-0.15, -0.1) is 0 Å². The molecule has 164 valence electrons. The number of piperazine rings is 1. The lowest BCUT2D eigenvalue weighted by Crippen LogP contribution is -2.49. The van der Waals surface area contributed by atoms with Gasteiger partial charge in [0.1, 0.15) is 5.75 Å². The summed E-state index contributed by atoms with van der Waals surface area (Å²) in [6, 6.07) is 14.0. The van der Waals surface area contributed by atoms with E-state index in [0.717, 1.165) is 46.7 Å². The fourth-order valence-electron chi connectivity index (χ4n) is 4.19. The Morgan fingerprint density at radius 3 is 2.72 bits per heavy atom. The van der Waals surface area contributed by atoms with Crippen molar-refractivity contribution < 1.29 is 13.9 Å². The molecule has 0 unspecified atom stereocenters. The maximum Gasteiger partial charge on any atom is 0.228 e. The number of para-hydroxylation sites is 1. The van der Waals surface area contributed by atoms with E-state index in [2.05, 4.69) is 26.1 Å². The molecule has 0 saturated carbocycles. The highest BCUT2D eigenvalue weighted by Crippen LogP contribution is 2.34. The molecule has 8 nitrogen and oxygen atoms in total. The van der Waals surface area contributed by atoms with E-state index in [9.17, 15) is 4.79 Å². The number of aromatic nitrogens is 3. The molecular formula is C24H25N5O3. The molecule has 0 spiro atoms. The van der Waals surface area contributed by atoms with Crippen molar-refractivity contribution in [3.8, 4) is 17.1 Å². The van der Waals surface area contributed by atoms with Gasteiger partial charge in [-0.05, 0) is 18.2 Å². The first-order chi connectivity index (χ1) is 15.6. The second kappa shape index (κ2) is 8.37. The van der Waals surface area contributed by atoms with Crippen molar-refractivity contribution in [3.63, 3.8) is 0 Å². The number of H-pyrrole nitrogens is 1. The van der Waals surface area contributed by atoms with Crippen molar-refractivity contribution in [2.45, 2.75) is 13.3 Å². The molecule has 2 aromatic heterocycles. The van der Waals surface area contributed by atoms with Crippen LogP contribution >= 0.6 is 0 Å². The van der Waals surface area contributed by atoms with Gasteiger partial charge in [-0.2, -0.15) is 5.10 Å². The summed E-state index contributed by atoms with van der Waals surface area (Å²) in [6.07, 6.45) is 2.02. The van der Waals surface area contributed by atoms with Gasteiger partial charge in [0.15, 0.2) is 11.7 Å². The van der Waals surface area contributed by atoms with Gasteiger partial charge < -0.3 is 19.0 Å². The molecule has 1 aliphatic rings. The van der Waals surface area contributed by atoms with Crippen LogP contribution in [0.25, 0.3) is 22.2 Å². The summed E-state index contributed by atoms with van der Waals surface area (Å²) in [4.78, 5) is 21.2. The van der Waals surface area contributed by atoms with Gasteiger partial charge in [0.2, 0.25) is 5.91 Å². The Morgan fingerprint density at radius 2 is 1.97 bits per heavy atom. The molecule has 1 amide bonds. The maximum absolute atomic E-state index is 12.9. The van der Waals surface area contributed by atoms with Crippen molar-refractivity contribution in [1.29, 1.82) is 0 Å².